The van der Waals surface area contributed by atoms with Gasteiger partial charge in [-0.15, -0.1) is 10.2 Å². The predicted molar refractivity (Wildman–Crippen MR) is 124 cm³/mol. The number of benzene rings is 3. The zero-order valence-electron chi connectivity index (χ0n) is 17.4. The molecule has 0 spiro atoms. The third-order valence-corrected chi connectivity index (χ3v) is 4.82. The molecule has 0 saturated heterocycles. The van der Waals surface area contributed by atoms with Gasteiger partial charge in [0.1, 0.15) is 13.2 Å². The highest BCUT2D eigenvalue weighted by Gasteiger charge is 2.10. The summed E-state index contributed by atoms with van der Waals surface area (Å²) < 4.78 is 12.0. The zero-order valence-corrected chi connectivity index (χ0v) is 17.4. The summed E-state index contributed by atoms with van der Waals surface area (Å²) in [5.41, 5.74) is 5.18. The summed E-state index contributed by atoms with van der Waals surface area (Å²) in [4.78, 5) is 0. The molecule has 4 aromatic rings. The summed E-state index contributed by atoms with van der Waals surface area (Å²) >= 11 is 0. The third kappa shape index (κ3) is 5.80. The molecule has 1 aromatic heterocycles. The van der Waals surface area contributed by atoms with Gasteiger partial charge in [-0.3, -0.25) is 0 Å². The molecule has 0 saturated carbocycles. The SMILES string of the molecule is Cc1ccccc1C=Cc1cc(OCc2ccccc2)c(OCc2ccccc2)nn1. The maximum absolute atomic E-state index is 6.07. The van der Waals surface area contributed by atoms with Crippen LogP contribution in [0.15, 0.2) is 91.0 Å². The molecule has 31 heavy (non-hydrogen) atoms. The fourth-order valence-electron chi connectivity index (χ4n) is 3.07. The van der Waals surface area contributed by atoms with E-state index in [0.717, 1.165) is 16.7 Å². The van der Waals surface area contributed by atoms with Crippen LogP contribution in [0.5, 0.6) is 11.6 Å². The van der Waals surface area contributed by atoms with E-state index in [1.807, 2.05) is 91.0 Å². The lowest BCUT2D eigenvalue weighted by molar-refractivity contribution is 0.244. The molecule has 0 amide bonds. The fourth-order valence-corrected chi connectivity index (χ4v) is 3.07. The van der Waals surface area contributed by atoms with Crippen LogP contribution in [0.2, 0.25) is 0 Å². The Labute approximate surface area is 182 Å². The topological polar surface area (TPSA) is 44.2 Å². The van der Waals surface area contributed by atoms with E-state index in [0.29, 0.717) is 30.5 Å². The first kappa shape index (κ1) is 20.4. The maximum atomic E-state index is 6.07. The monoisotopic (exact) mass is 408 g/mol. The summed E-state index contributed by atoms with van der Waals surface area (Å²) in [5.74, 6) is 0.951. The van der Waals surface area contributed by atoms with Gasteiger partial charge in [0.05, 0.1) is 5.69 Å². The zero-order chi connectivity index (χ0) is 21.3. The molecule has 0 aliphatic rings. The summed E-state index contributed by atoms with van der Waals surface area (Å²) in [6.07, 6.45) is 3.97. The van der Waals surface area contributed by atoms with Gasteiger partial charge in [0.2, 0.25) is 0 Å². The summed E-state index contributed by atoms with van der Waals surface area (Å²) in [7, 11) is 0. The highest BCUT2D eigenvalue weighted by atomic mass is 16.5. The van der Waals surface area contributed by atoms with E-state index < -0.39 is 0 Å². The molecule has 0 radical (unpaired) electrons. The van der Waals surface area contributed by atoms with Gasteiger partial charge < -0.3 is 9.47 Å². The van der Waals surface area contributed by atoms with Crippen LogP contribution in [0.25, 0.3) is 12.2 Å². The van der Waals surface area contributed by atoms with Crippen LogP contribution < -0.4 is 9.47 Å². The van der Waals surface area contributed by atoms with Crippen molar-refractivity contribution in [3.8, 4) is 11.6 Å². The minimum atomic E-state index is 0.382. The molecule has 0 aliphatic carbocycles. The van der Waals surface area contributed by atoms with Crippen molar-refractivity contribution < 1.29 is 9.47 Å². The number of nitrogens with zero attached hydrogens (tertiary/aromatic N) is 2. The first-order valence-electron chi connectivity index (χ1n) is 10.2. The standard InChI is InChI=1S/C27H24N2O2/c1-21-10-8-9-15-24(21)16-17-25-18-26(30-19-22-11-4-2-5-12-22)27(29-28-25)31-20-23-13-6-3-7-14-23/h2-18H,19-20H2,1H3. The molecule has 0 bridgehead atoms. The summed E-state index contributed by atoms with van der Waals surface area (Å²) in [6.45, 7) is 2.91. The molecule has 3 aromatic carbocycles. The second kappa shape index (κ2) is 10.2. The van der Waals surface area contributed by atoms with Crippen LogP contribution in [-0.4, -0.2) is 10.2 Å². The molecule has 4 heteroatoms. The Balaban J connectivity index is 1.55. The lowest BCUT2D eigenvalue weighted by atomic mass is 10.1. The van der Waals surface area contributed by atoms with Gasteiger partial charge in [-0.1, -0.05) is 91.0 Å². The van der Waals surface area contributed by atoms with Crippen molar-refractivity contribution in [3.63, 3.8) is 0 Å². The van der Waals surface area contributed by atoms with E-state index in [2.05, 4.69) is 29.3 Å². The minimum Gasteiger partial charge on any atom is -0.483 e. The molecular formula is C27H24N2O2. The van der Waals surface area contributed by atoms with Crippen molar-refractivity contribution in [2.75, 3.05) is 0 Å². The predicted octanol–water partition coefficient (Wildman–Crippen LogP) is 6.11. The number of hydrogen-bond acceptors (Lipinski definition) is 4. The van der Waals surface area contributed by atoms with Crippen molar-refractivity contribution in [3.05, 3.63) is 119 Å². The Morgan fingerprint density at radius 3 is 1.97 bits per heavy atom. The quantitative estimate of drug-likeness (QED) is 0.353. The highest BCUT2D eigenvalue weighted by molar-refractivity contribution is 5.70. The molecule has 1 heterocycles. The van der Waals surface area contributed by atoms with Crippen LogP contribution in [-0.2, 0) is 13.2 Å². The number of aromatic nitrogens is 2. The Kier molecular flexibility index (Phi) is 6.71. The molecule has 0 atom stereocenters. The van der Waals surface area contributed by atoms with Crippen molar-refractivity contribution >= 4 is 12.2 Å². The van der Waals surface area contributed by atoms with Crippen LogP contribution in [0.3, 0.4) is 0 Å². The molecule has 0 unspecified atom stereocenters. The van der Waals surface area contributed by atoms with Gasteiger partial charge in [0.15, 0.2) is 5.75 Å². The summed E-state index contributed by atoms with van der Waals surface area (Å²) in [6, 6.07) is 30.1. The Morgan fingerprint density at radius 2 is 1.29 bits per heavy atom. The Morgan fingerprint density at radius 1 is 0.677 bits per heavy atom. The molecule has 0 N–H and O–H groups in total. The fraction of sp³-hybridized carbons (Fsp3) is 0.111. The van der Waals surface area contributed by atoms with Crippen LogP contribution >= 0.6 is 0 Å². The average Bonchev–Trinajstić information content (AvgIpc) is 2.83. The number of hydrogen-bond donors (Lipinski definition) is 0. The minimum absolute atomic E-state index is 0.382. The van der Waals surface area contributed by atoms with Gasteiger partial charge in [0, 0.05) is 6.07 Å². The first-order chi connectivity index (χ1) is 15.3. The Hall–Kier alpha value is -3.92. The number of aryl methyl sites for hydroxylation is 1. The lowest BCUT2D eigenvalue weighted by Crippen LogP contribution is -2.04. The van der Waals surface area contributed by atoms with Crippen molar-refractivity contribution in [2.24, 2.45) is 0 Å². The highest BCUT2D eigenvalue weighted by Crippen LogP contribution is 2.27. The number of ether oxygens (including phenoxy) is 2. The second-order valence-electron chi connectivity index (χ2n) is 7.18. The normalized spacial score (nSPS) is 10.9. The van der Waals surface area contributed by atoms with Gasteiger partial charge in [-0.05, 0) is 35.3 Å². The maximum Gasteiger partial charge on any atom is 0.276 e. The van der Waals surface area contributed by atoms with Crippen LogP contribution in [0.1, 0.15) is 27.9 Å². The molecule has 154 valence electrons. The third-order valence-electron chi connectivity index (χ3n) is 4.82. The van der Waals surface area contributed by atoms with Gasteiger partial charge >= 0.3 is 0 Å². The van der Waals surface area contributed by atoms with Crippen molar-refractivity contribution in [1.29, 1.82) is 0 Å². The molecule has 0 fully saturated rings. The smallest absolute Gasteiger partial charge is 0.276 e. The van der Waals surface area contributed by atoms with E-state index in [4.69, 9.17) is 9.47 Å². The molecule has 0 aliphatic heterocycles. The lowest BCUT2D eigenvalue weighted by Gasteiger charge is -2.12. The van der Waals surface area contributed by atoms with Crippen LogP contribution in [0, 0.1) is 6.92 Å². The first-order valence-corrected chi connectivity index (χ1v) is 10.2. The van der Waals surface area contributed by atoms with Crippen LogP contribution in [0.4, 0.5) is 0 Å². The van der Waals surface area contributed by atoms with Crippen molar-refractivity contribution in [1.82, 2.24) is 10.2 Å². The van der Waals surface area contributed by atoms with Gasteiger partial charge in [-0.2, -0.15) is 0 Å². The van der Waals surface area contributed by atoms with E-state index in [9.17, 15) is 0 Å². The summed E-state index contributed by atoms with van der Waals surface area (Å²) in [5, 5.41) is 8.60. The van der Waals surface area contributed by atoms with Gasteiger partial charge in [-0.25, -0.2) is 0 Å². The molecule has 4 nitrogen and oxygen atoms in total. The van der Waals surface area contributed by atoms with Crippen molar-refractivity contribution in [2.45, 2.75) is 20.1 Å². The average molecular weight is 409 g/mol. The molecule has 4 rings (SSSR count). The van der Waals surface area contributed by atoms with E-state index in [-0.39, 0.29) is 0 Å². The second-order valence-corrected chi connectivity index (χ2v) is 7.18. The molecular weight excluding hydrogens is 384 g/mol. The van der Waals surface area contributed by atoms with Gasteiger partial charge in [0.25, 0.3) is 5.88 Å². The largest absolute Gasteiger partial charge is 0.483 e. The number of rotatable bonds is 8. The Bertz CT molecular complexity index is 1140. The van der Waals surface area contributed by atoms with E-state index >= 15 is 0 Å². The van der Waals surface area contributed by atoms with E-state index in [1.54, 1.807) is 0 Å². The van der Waals surface area contributed by atoms with E-state index in [1.165, 1.54) is 5.56 Å².